The zero-order valence-electron chi connectivity index (χ0n) is 12.9. The second-order valence-corrected chi connectivity index (χ2v) is 5.53. The van der Waals surface area contributed by atoms with Crippen LogP contribution in [0.2, 0.25) is 0 Å². The fraction of sp³-hybridized carbons (Fsp3) is 0.368. The van der Waals surface area contributed by atoms with E-state index in [-0.39, 0.29) is 18.7 Å². The fourth-order valence-electron chi connectivity index (χ4n) is 2.60. The van der Waals surface area contributed by atoms with E-state index in [9.17, 15) is 5.11 Å². The molecule has 2 N–H and O–H groups in total. The standard InChI is InChI=1S/C19H25NO/c1-3-7-16-10-12-17(13-11-16)15(2)20-19(14-21)18-8-5-4-6-9-18/h4-6,8-13,15,19-21H,3,7,14H2,1-2H3/t15?,19-/m0/s1. The highest BCUT2D eigenvalue weighted by Gasteiger charge is 2.14. The summed E-state index contributed by atoms with van der Waals surface area (Å²) in [7, 11) is 0. The van der Waals surface area contributed by atoms with Crippen molar-refractivity contribution >= 4 is 0 Å². The first-order chi connectivity index (χ1) is 10.2. The lowest BCUT2D eigenvalue weighted by Crippen LogP contribution is -2.27. The van der Waals surface area contributed by atoms with Crippen LogP contribution in [0.15, 0.2) is 54.6 Å². The summed E-state index contributed by atoms with van der Waals surface area (Å²) in [5, 5.41) is 13.1. The maximum Gasteiger partial charge on any atom is 0.0626 e. The van der Waals surface area contributed by atoms with Gasteiger partial charge in [-0.15, -0.1) is 0 Å². The molecule has 2 atom stereocenters. The highest BCUT2D eigenvalue weighted by atomic mass is 16.3. The Morgan fingerprint density at radius 3 is 2.19 bits per heavy atom. The van der Waals surface area contributed by atoms with E-state index in [0.717, 1.165) is 12.0 Å². The molecule has 0 aromatic heterocycles. The summed E-state index contributed by atoms with van der Waals surface area (Å²) in [4.78, 5) is 0. The molecule has 0 heterocycles. The molecule has 0 fully saturated rings. The predicted molar refractivity (Wildman–Crippen MR) is 88.3 cm³/mol. The van der Waals surface area contributed by atoms with Crippen molar-refractivity contribution in [3.63, 3.8) is 0 Å². The van der Waals surface area contributed by atoms with Gasteiger partial charge in [-0.1, -0.05) is 67.9 Å². The van der Waals surface area contributed by atoms with Gasteiger partial charge in [0.1, 0.15) is 0 Å². The van der Waals surface area contributed by atoms with Crippen LogP contribution in [-0.2, 0) is 6.42 Å². The van der Waals surface area contributed by atoms with E-state index in [0.29, 0.717) is 0 Å². The lowest BCUT2D eigenvalue weighted by Gasteiger charge is -2.22. The van der Waals surface area contributed by atoms with Gasteiger partial charge in [-0.3, -0.25) is 0 Å². The Balaban J connectivity index is 2.03. The van der Waals surface area contributed by atoms with E-state index in [1.807, 2.05) is 30.3 Å². The molecule has 0 bridgehead atoms. The van der Waals surface area contributed by atoms with Crippen LogP contribution in [0.1, 0.15) is 49.0 Å². The normalized spacial score (nSPS) is 13.9. The Labute approximate surface area is 127 Å². The lowest BCUT2D eigenvalue weighted by molar-refractivity contribution is 0.235. The Hall–Kier alpha value is -1.64. The third-order valence-corrected chi connectivity index (χ3v) is 3.85. The van der Waals surface area contributed by atoms with Gasteiger partial charge in [-0.2, -0.15) is 0 Å². The largest absolute Gasteiger partial charge is 0.394 e. The van der Waals surface area contributed by atoms with Crippen LogP contribution >= 0.6 is 0 Å². The number of hydrogen-bond acceptors (Lipinski definition) is 2. The van der Waals surface area contributed by atoms with Gasteiger partial charge in [-0.05, 0) is 30.0 Å². The molecule has 2 rings (SSSR count). The molecule has 0 saturated heterocycles. The van der Waals surface area contributed by atoms with Crippen LogP contribution in [0.5, 0.6) is 0 Å². The Morgan fingerprint density at radius 1 is 0.952 bits per heavy atom. The molecule has 2 nitrogen and oxygen atoms in total. The van der Waals surface area contributed by atoms with Crippen molar-refractivity contribution in [3.8, 4) is 0 Å². The first kappa shape index (κ1) is 15.7. The van der Waals surface area contributed by atoms with Gasteiger partial charge < -0.3 is 10.4 Å². The number of aryl methyl sites for hydroxylation is 1. The first-order valence-electron chi connectivity index (χ1n) is 7.75. The summed E-state index contributed by atoms with van der Waals surface area (Å²) in [6, 6.07) is 19.0. The van der Waals surface area contributed by atoms with Crippen molar-refractivity contribution in [3.05, 3.63) is 71.3 Å². The molecular formula is C19H25NO. The maximum absolute atomic E-state index is 9.63. The summed E-state index contributed by atoms with van der Waals surface area (Å²) < 4.78 is 0. The molecule has 0 aliphatic rings. The van der Waals surface area contributed by atoms with E-state index in [1.165, 1.54) is 17.5 Å². The quantitative estimate of drug-likeness (QED) is 0.804. The van der Waals surface area contributed by atoms with Crippen LogP contribution in [0.25, 0.3) is 0 Å². The molecule has 2 heteroatoms. The highest BCUT2D eigenvalue weighted by molar-refractivity contribution is 5.26. The van der Waals surface area contributed by atoms with Crippen molar-refractivity contribution < 1.29 is 5.11 Å². The SMILES string of the molecule is CCCc1ccc(C(C)N[C@@H](CO)c2ccccc2)cc1. The van der Waals surface area contributed by atoms with Gasteiger partial charge in [0, 0.05) is 6.04 Å². The molecule has 112 valence electrons. The number of hydrogen-bond donors (Lipinski definition) is 2. The van der Waals surface area contributed by atoms with Crippen LogP contribution < -0.4 is 5.32 Å². The van der Waals surface area contributed by atoms with Gasteiger partial charge in [-0.25, -0.2) is 0 Å². The van der Waals surface area contributed by atoms with Crippen molar-refractivity contribution in [2.24, 2.45) is 0 Å². The van der Waals surface area contributed by atoms with Crippen LogP contribution in [0.3, 0.4) is 0 Å². The number of nitrogens with one attached hydrogen (secondary N) is 1. The summed E-state index contributed by atoms with van der Waals surface area (Å²) >= 11 is 0. The molecule has 21 heavy (non-hydrogen) atoms. The number of aliphatic hydroxyl groups is 1. The van der Waals surface area contributed by atoms with Crippen LogP contribution in [-0.4, -0.2) is 11.7 Å². The van der Waals surface area contributed by atoms with Crippen molar-refractivity contribution in [2.75, 3.05) is 6.61 Å². The lowest BCUT2D eigenvalue weighted by atomic mass is 10.0. The third kappa shape index (κ3) is 4.42. The van der Waals surface area contributed by atoms with E-state index in [1.54, 1.807) is 0 Å². The van der Waals surface area contributed by atoms with E-state index >= 15 is 0 Å². The topological polar surface area (TPSA) is 32.3 Å². The molecule has 0 spiro atoms. The molecule has 1 unspecified atom stereocenters. The zero-order valence-corrected chi connectivity index (χ0v) is 12.9. The van der Waals surface area contributed by atoms with Crippen LogP contribution in [0.4, 0.5) is 0 Å². The maximum atomic E-state index is 9.63. The van der Waals surface area contributed by atoms with Crippen molar-refractivity contribution in [1.82, 2.24) is 5.32 Å². The number of benzene rings is 2. The number of rotatable bonds is 7. The van der Waals surface area contributed by atoms with E-state index < -0.39 is 0 Å². The second-order valence-electron chi connectivity index (χ2n) is 5.53. The minimum atomic E-state index is -0.0310. The van der Waals surface area contributed by atoms with Gasteiger partial charge in [0.2, 0.25) is 0 Å². The Kier molecular flexibility index (Phi) is 5.97. The first-order valence-corrected chi connectivity index (χ1v) is 7.75. The van der Waals surface area contributed by atoms with Crippen molar-refractivity contribution in [1.29, 1.82) is 0 Å². The summed E-state index contributed by atoms with van der Waals surface area (Å²) in [5.41, 5.74) is 3.76. The molecule has 0 aliphatic heterocycles. The van der Waals surface area contributed by atoms with E-state index in [2.05, 4.69) is 43.4 Å². The second kappa shape index (κ2) is 7.96. The Bertz CT molecular complexity index is 521. The van der Waals surface area contributed by atoms with Crippen LogP contribution in [0, 0.1) is 0 Å². The molecule has 2 aromatic rings. The molecule has 0 saturated carbocycles. The fourth-order valence-corrected chi connectivity index (χ4v) is 2.60. The van der Waals surface area contributed by atoms with Crippen molar-refractivity contribution in [2.45, 2.75) is 38.8 Å². The molecular weight excluding hydrogens is 258 g/mol. The average Bonchev–Trinajstić information content (AvgIpc) is 2.54. The Morgan fingerprint density at radius 2 is 1.62 bits per heavy atom. The molecule has 0 radical (unpaired) electrons. The average molecular weight is 283 g/mol. The van der Waals surface area contributed by atoms with Gasteiger partial charge in [0.15, 0.2) is 0 Å². The minimum Gasteiger partial charge on any atom is -0.394 e. The predicted octanol–water partition coefficient (Wildman–Crippen LogP) is 4.02. The summed E-state index contributed by atoms with van der Waals surface area (Å²) in [5.74, 6) is 0. The third-order valence-electron chi connectivity index (χ3n) is 3.85. The minimum absolute atomic E-state index is 0.0310. The number of aliphatic hydroxyl groups excluding tert-OH is 1. The molecule has 2 aromatic carbocycles. The summed E-state index contributed by atoms with van der Waals surface area (Å²) in [6.45, 7) is 4.44. The highest BCUT2D eigenvalue weighted by Crippen LogP contribution is 2.20. The smallest absolute Gasteiger partial charge is 0.0626 e. The van der Waals surface area contributed by atoms with Gasteiger partial charge >= 0.3 is 0 Å². The molecule has 0 amide bonds. The monoisotopic (exact) mass is 283 g/mol. The zero-order chi connectivity index (χ0) is 15.1. The molecule has 0 aliphatic carbocycles. The van der Waals surface area contributed by atoms with Gasteiger partial charge in [0.05, 0.1) is 12.6 Å². The van der Waals surface area contributed by atoms with E-state index in [4.69, 9.17) is 0 Å². The van der Waals surface area contributed by atoms with Gasteiger partial charge in [0.25, 0.3) is 0 Å². The summed E-state index contributed by atoms with van der Waals surface area (Å²) in [6.07, 6.45) is 2.30.